The number of fused-ring (bicyclic) bond motifs is 1. The van der Waals surface area contributed by atoms with Crippen LogP contribution in [0, 0.1) is 24.2 Å². The first-order valence-electron chi connectivity index (χ1n) is 13.6. The summed E-state index contributed by atoms with van der Waals surface area (Å²) >= 11 is 0.933. The lowest BCUT2D eigenvalue weighted by molar-refractivity contribution is -0.131. The SMILES string of the molecule is CC(=O)SC(=NC=N)[C@H]1CN(C(=O)CC(C)C)C[C@H]1NC(=O)c1ccc(OCc2cc(C)nc3ccccc23)cc1. The molecule has 4 rings (SSSR count). The van der Waals surface area contributed by atoms with Gasteiger partial charge >= 0.3 is 0 Å². The Labute approximate surface area is 244 Å². The molecular formula is C31H35N5O4S. The van der Waals surface area contributed by atoms with Gasteiger partial charge in [0.1, 0.15) is 18.7 Å². The van der Waals surface area contributed by atoms with Crippen molar-refractivity contribution in [2.45, 2.75) is 46.8 Å². The van der Waals surface area contributed by atoms with Crippen LogP contribution in [-0.2, 0) is 16.2 Å². The summed E-state index contributed by atoms with van der Waals surface area (Å²) in [6.45, 7) is 8.32. The summed E-state index contributed by atoms with van der Waals surface area (Å²) in [5.41, 5.74) is 3.31. The topological polar surface area (TPSA) is 125 Å². The molecular weight excluding hydrogens is 538 g/mol. The van der Waals surface area contributed by atoms with Gasteiger partial charge in [-0.15, -0.1) is 0 Å². The Morgan fingerprint density at radius 2 is 1.90 bits per heavy atom. The first kappa shape index (κ1) is 29.9. The van der Waals surface area contributed by atoms with Gasteiger partial charge in [-0.25, -0.2) is 4.99 Å². The number of aromatic nitrogens is 1. The van der Waals surface area contributed by atoms with Gasteiger partial charge in [0, 0.05) is 54.6 Å². The minimum atomic E-state index is -0.455. The average Bonchev–Trinajstić information content (AvgIpc) is 3.35. The Morgan fingerprint density at radius 3 is 2.59 bits per heavy atom. The highest BCUT2D eigenvalue weighted by molar-refractivity contribution is 8.26. The van der Waals surface area contributed by atoms with Crippen LogP contribution in [0.1, 0.15) is 48.8 Å². The summed E-state index contributed by atoms with van der Waals surface area (Å²) in [7, 11) is 0. The van der Waals surface area contributed by atoms with Gasteiger partial charge in [-0.2, -0.15) is 0 Å². The molecule has 0 bridgehead atoms. The monoisotopic (exact) mass is 573 g/mol. The van der Waals surface area contributed by atoms with Crippen LogP contribution >= 0.6 is 11.8 Å². The number of nitrogens with zero attached hydrogens (tertiary/aromatic N) is 3. The number of carbonyl (C=O) groups is 3. The van der Waals surface area contributed by atoms with Crippen molar-refractivity contribution < 1.29 is 19.1 Å². The molecule has 0 aliphatic carbocycles. The van der Waals surface area contributed by atoms with Crippen molar-refractivity contribution in [1.82, 2.24) is 15.2 Å². The van der Waals surface area contributed by atoms with Gasteiger partial charge in [0.05, 0.1) is 16.6 Å². The number of para-hydroxylation sites is 1. The number of ether oxygens (including phenoxy) is 1. The highest BCUT2D eigenvalue weighted by Crippen LogP contribution is 2.27. The van der Waals surface area contributed by atoms with Crippen molar-refractivity contribution in [2.24, 2.45) is 16.8 Å². The minimum absolute atomic E-state index is 0.0116. The Kier molecular flexibility index (Phi) is 9.88. The molecule has 2 aromatic carbocycles. The van der Waals surface area contributed by atoms with Gasteiger partial charge in [-0.1, -0.05) is 32.0 Å². The molecule has 1 saturated heterocycles. The Bertz CT molecular complexity index is 1470. The fraction of sp³-hybridized carbons (Fsp3) is 0.355. The van der Waals surface area contributed by atoms with Crippen molar-refractivity contribution in [3.05, 3.63) is 71.4 Å². The van der Waals surface area contributed by atoms with Gasteiger partial charge in [0.15, 0.2) is 5.12 Å². The lowest BCUT2D eigenvalue weighted by atomic mass is 10.0. The summed E-state index contributed by atoms with van der Waals surface area (Å²) in [6, 6.07) is 16.4. The van der Waals surface area contributed by atoms with Gasteiger partial charge in [0.25, 0.3) is 5.91 Å². The quantitative estimate of drug-likeness (QED) is 0.274. The molecule has 2 N–H and O–H groups in total. The Balaban J connectivity index is 1.46. The Hall–Kier alpha value is -4.05. The van der Waals surface area contributed by atoms with Crippen LogP contribution in [0.4, 0.5) is 0 Å². The van der Waals surface area contributed by atoms with E-state index in [-0.39, 0.29) is 22.8 Å². The number of aryl methyl sites for hydroxylation is 1. The molecule has 2 heterocycles. The number of benzene rings is 2. The van der Waals surface area contributed by atoms with Crippen LogP contribution in [0.3, 0.4) is 0 Å². The van der Waals surface area contributed by atoms with E-state index in [1.807, 2.05) is 51.1 Å². The summed E-state index contributed by atoms with van der Waals surface area (Å²) in [5, 5.41) is 11.8. The molecule has 9 nitrogen and oxygen atoms in total. The third-order valence-corrected chi connectivity index (χ3v) is 7.67. The van der Waals surface area contributed by atoms with Gasteiger partial charge < -0.3 is 15.0 Å². The van der Waals surface area contributed by atoms with E-state index < -0.39 is 12.0 Å². The van der Waals surface area contributed by atoms with E-state index in [4.69, 9.17) is 10.1 Å². The number of thioether (sulfide) groups is 1. The summed E-state index contributed by atoms with van der Waals surface area (Å²) in [6.07, 6.45) is 1.28. The van der Waals surface area contributed by atoms with Crippen molar-refractivity contribution in [1.29, 1.82) is 5.41 Å². The molecule has 41 heavy (non-hydrogen) atoms. The molecule has 2 amide bonds. The molecule has 0 spiro atoms. The van der Waals surface area contributed by atoms with E-state index in [1.165, 1.54) is 6.92 Å². The molecule has 0 saturated carbocycles. The molecule has 1 fully saturated rings. The van der Waals surface area contributed by atoms with Crippen molar-refractivity contribution in [3.8, 4) is 5.75 Å². The normalized spacial score (nSPS) is 17.1. The maximum atomic E-state index is 13.3. The minimum Gasteiger partial charge on any atom is -0.489 e. The number of rotatable bonds is 9. The second-order valence-corrected chi connectivity index (χ2v) is 11.7. The van der Waals surface area contributed by atoms with Crippen molar-refractivity contribution in [3.63, 3.8) is 0 Å². The summed E-state index contributed by atoms with van der Waals surface area (Å²) in [4.78, 5) is 48.4. The number of pyridine rings is 1. The molecule has 2 atom stereocenters. The molecule has 1 aromatic heterocycles. The molecule has 10 heteroatoms. The number of amides is 2. The second kappa shape index (κ2) is 13.5. The zero-order valence-electron chi connectivity index (χ0n) is 23.7. The van der Waals surface area contributed by atoms with Crippen LogP contribution in [-0.4, -0.2) is 57.3 Å². The highest BCUT2D eigenvalue weighted by Gasteiger charge is 2.39. The van der Waals surface area contributed by atoms with Crippen LogP contribution in [0.25, 0.3) is 10.9 Å². The molecule has 1 aliphatic rings. The zero-order valence-corrected chi connectivity index (χ0v) is 24.5. The first-order chi connectivity index (χ1) is 19.6. The van der Waals surface area contributed by atoms with Crippen LogP contribution in [0.15, 0.2) is 59.6 Å². The second-order valence-electron chi connectivity index (χ2n) is 10.5. The third kappa shape index (κ3) is 7.79. The largest absolute Gasteiger partial charge is 0.489 e. The number of aliphatic imine (C=N–C) groups is 1. The van der Waals surface area contributed by atoms with E-state index in [9.17, 15) is 14.4 Å². The number of nitrogens with one attached hydrogen (secondary N) is 2. The fourth-order valence-electron chi connectivity index (χ4n) is 4.92. The number of hydrogen-bond donors (Lipinski definition) is 2. The van der Waals surface area contributed by atoms with E-state index >= 15 is 0 Å². The highest BCUT2D eigenvalue weighted by atomic mass is 32.2. The average molecular weight is 574 g/mol. The van der Waals surface area contributed by atoms with Gasteiger partial charge in [-0.05, 0) is 61.0 Å². The van der Waals surface area contributed by atoms with Crippen LogP contribution in [0.2, 0.25) is 0 Å². The van der Waals surface area contributed by atoms with E-state index in [1.54, 1.807) is 29.2 Å². The third-order valence-electron chi connectivity index (χ3n) is 6.77. The zero-order chi connectivity index (χ0) is 29.5. The van der Waals surface area contributed by atoms with E-state index in [2.05, 4.69) is 15.3 Å². The number of likely N-dealkylation sites (tertiary alicyclic amines) is 1. The van der Waals surface area contributed by atoms with Gasteiger partial charge in [-0.3, -0.25) is 24.8 Å². The van der Waals surface area contributed by atoms with Crippen molar-refractivity contribution >= 4 is 51.0 Å². The first-order valence-corrected chi connectivity index (χ1v) is 14.4. The lowest BCUT2D eigenvalue weighted by Gasteiger charge is -2.20. The van der Waals surface area contributed by atoms with E-state index in [0.717, 1.165) is 40.3 Å². The molecule has 3 aromatic rings. The number of carbonyl (C=O) groups excluding carboxylic acids is 3. The Morgan fingerprint density at radius 1 is 1.17 bits per heavy atom. The lowest BCUT2D eigenvalue weighted by Crippen LogP contribution is -2.43. The van der Waals surface area contributed by atoms with Crippen LogP contribution in [0.5, 0.6) is 5.75 Å². The smallest absolute Gasteiger partial charge is 0.251 e. The predicted octanol–water partition coefficient (Wildman–Crippen LogP) is 5.01. The maximum absolute atomic E-state index is 13.3. The maximum Gasteiger partial charge on any atom is 0.251 e. The van der Waals surface area contributed by atoms with Gasteiger partial charge in [0.2, 0.25) is 5.91 Å². The molecule has 214 valence electrons. The molecule has 0 radical (unpaired) electrons. The number of hydrogen-bond acceptors (Lipinski definition) is 7. The fourth-order valence-corrected chi connectivity index (χ4v) is 5.71. The molecule has 1 aliphatic heterocycles. The summed E-state index contributed by atoms with van der Waals surface area (Å²) < 4.78 is 6.03. The standard InChI is InChI=1S/C31H35N5O4S/c1-19(2)13-29(38)36-15-26(31(33-18-32)41-21(4)37)28(16-36)35-30(39)22-9-11-24(12-10-22)40-17-23-14-20(3)34-27-8-6-5-7-25(23)27/h5-12,14,18-19,26,28,32H,13,15-17H2,1-4H3,(H,35,39)/t26-,28+/m0/s1. The van der Waals surface area contributed by atoms with Crippen LogP contribution < -0.4 is 10.1 Å². The van der Waals surface area contributed by atoms with Crippen molar-refractivity contribution in [2.75, 3.05) is 13.1 Å². The predicted molar refractivity (Wildman–Crippen MR) is 163 cm³/mol. The van der Waals surface area contributed by atoms with E-state index in [0.29, 0.717) is 42.5 Å². The molecule has 0 unspecified atom stereocenters. The summed E-state index contributed by atoms with van der Waals surface area (Å²) in [5.74, 6) is 0.109.